The fourth-order valence-corrected chi connectivity index (χ4v) is 5.67. The molecule has 3 rings (SSSR count). The lowest BCUT2D eigenvalue weighted by Gasteiger charge is -2.18. The van der Waals surface area contributed by atoms with Gasteiger partial charge in [0.2, 0.25) is 0 Å². The molecule has 2 heterocycles. The summed E-state index contributed by atoms with van der Waals surface area (Å²) in [6.45, 7) is 7.61. The summed E-state index contributed by atoms with van der Waals surface area (Å²) in [6, 6.07) is 0. The van der Waals surface area contributed by atoms with E-state index in [0.29, 0.717) is 26.2 Å². The van der Waals surface area contributed by atoms with Crippen molar-refractivity contribution in [2.45, 2.75) is 56.7 Å². The Labute approximate surface area is 162 Å². The highest BCUT2D eigenvalue weighted by Gasteiger charge is 2.26. The van der Waals surface area contributed by atoms with E-state index in [4.69, 9.17) is 9.47 Å². The van der Waals surface area contributed by atoms with Gasteiger partial charge in [-0.25, -0.2) is 9.97 Å². The van der Waals surface area contributed by atoms with Gasteiger partial charge in [0.15, 0.2) is 0 Å². The topological polar surface area (TPSA) is 61.3 Å². The monoisotopic (exact) mass is 394 g/mol. The molecule has 26 heavy (non-hydrogen) atoms. The minimum Gasteiger partial charge on any atom is -0.462 e. The third-order valence-electron chi connectivity index (χ3n) is 4.62. The highest BCUT2D eigenvalue weighted by atomic mass is 32.2. The van der Waals surface area contributed by atoms with Crippen molar-refractivity contribution >= 4 is 39.3 Å². The summed E-state index contributed by atoms with van der Waals surface area (Å²) in [7, 11) is 0. The van der Waals surface area contributed by atoms with E-state index in [0.717, 1.165) is 34.0 Å². The van der Waals surface area contributed by atoms with Gasteiger partial charge in [0.25, 0.3) is 0 Å². The zero-order valence-electron chi connectivity index (χ0n) is 15.6. The minimum absolute atomic E-state index is 0.193. The zero-order valence-corrected chi connectivity index (χ0v) is 17.3. The van der Waals surface area contributed by atoms with Crippen LogP contribution in [0.5, 0.6) is 0 Å². The third-order valence-corrected chi connectivity index (χ3v) is 7.13. The van der Waals surface area contributed by atoms with Gasteiger partial charge in [0, 0.05) is 16.9 Å². The van der Waals surface area contributed by atoms with Crippen molar-refractivity contribution < 1.29 is 14.3 Å². The van der Waals surface area contributed by atoms with Crippen LogP contribution in [-0.4, -0.2) is 41.0 Å². The van der Waals surface area contributed by atoms with Crippen LogP contribution in [0.4, 0.5) is 0 Å². The molecule has 0 spiro atoms. The Balaban J connectivity index is 1.78. The summed E-state index contributed by atoms with van der Waals surface area (Å²) >= 11 is 3.29. The lowest BCUT2D eigenvalue weighted by Crippen LogP contribution is -2.21. The number of hydrogen-bond donors (Lipinski definition) is 0. The summed E-state index contributed by atoms with van der Waals surface area (Å²) in [5.74, 6) is 0.532. The first kappa shape index (κ1) is 19.6. The normalized spacial score (nSPS) is 17.9. The van der Waals surface area contributed by atoms with Crippen molar-refractivity contribution in [2.75, 3.05) is 19.8 Å². The number of carbonyl (C=O) groups excluding carboxylic acids is 1. The third kappa shape index (κ3) is 4.38. The van der Waals surface area contributed by atoms with Gasteiger partial charge in [0.1, 0.15) is 28.0 Å². The largest absolute Gasteiger partial charge is 0.462 e. The summed E-state index contributed by atoms with van der Waals surface area (Å²) in [4.78, 5) is 23.9. The second-order valence-electron chi connectivity index (χ2n) is 6.59. The SMILES string of the molecule is CCOCCOC(=O)[C@H](CC)Sc1ncnc2sc3c(c12)CC[C@@H](C)C3. The maximum Gasteiger partial charge on any atom is 0.319 e. The molecule has 0 radical (unpaired) electrons. The van der Waals surface area contributed by atoms with Crippen LogP contribution >= 0.6 is 23.1 Å². The molecule has 0 fully saturated rings. The maximum atomic E-state index is 12.4. The van der Waals surface area contributed by atoms with E-state index >= 15 is 0 Å². The molecule has 5 nitrogen and oxygen atoms in total. The molecule has 2 atom stereocenters. The Kier molecular flexibility index (Phi) is 6.89. The summed E-state index contributed by atoms with van der Waals surface area (Å²) in [6.07, 6.45) is 5.72. The number of ether oxygens (including phenoxy) is 2. The summed E-state index contributed by atoms with van der Waals surface area (Å²) in [5, 5.41) is 1.81. The smallest absolute Gasteiger partial charge is 0.319 e. The molecule has 1 aliphatic rings. The number of fused-ring (bicyclic) bond motifs is 3. The van der Waals surface area contributed by atoms with E-state index < -0.39 is 0 Å². The number of carbonyl (C=O) groups is 1. The maximum absolute atomic E-state index is 12.4. The first-order chi connectivity index (χ1) is 12.6. The van der Waals surface area contributed by atoms with Crippen molar-refractivity contribution in [3.8, 4) is 0 Å². The van der Waals surface area contributed by atoms with Crippen molar-refractivity contribution in [1.82, 2.24) is 9.97 Å². The second kappa shape index (κ2) is 9.15. The van der Waals surface area contributed by atoms with Gasteiger partial charge < -0.3 is 9.47 Å². The number of thioether (sulfide) groups is 1. The average molecular weight is 395 g/mol. The number of aromatic nitrogens is 2. The van der Waals surface area contributed by atoms with Crippen molar-refractivity contribution in [2.24, 2.45) is 5.92 Å². The van der Waals surface area contributed by atoms with Gasteiger partial charge in [-0.2, -0.15) is 0 Å². The molecule has 0 amide bonds. The lowest BCUT2D eigenvalue weighted by molar-refractivity contribution is -0.144. The molecule has 0 aromatic carbocycles. The quantitative estimate of drug-likeness (QED) is 0.288. The molecule has 0 saturated heterocycles. The molecular formula is C19H26N2O3S2. The number of hydrogen-bond acceptors (Lipinski definition) is 7. The van der Waals surface area contributed by atoms with Gasteiger partial charge in [-0.1, -0.05) is 25.6 Å². The van der Waals surface area contributed by atoms with E-state index in [9.17, 15) is 4.79 Å². The Morgan fingerprint density at radius 2 is 2.23 bits per heavy atom. The molecule has 0 bridgehead atoms. The van der Waals surface area contributed by atoms with Crippen LogP contribution in [-0.2, 0) is 27.1 Å². The standard InChI is InChI=1S/C19H26N2O3S2/c1-4-14(19(22)24-9-8-23-5-2)25-17-16-13-7-6-12(3)10-15(13)26-18(16)21-11-20-17/h11-12,14H,4-10H2,1-3H3/t12-,14+/m1/s1. The predicted molar refractivity (Wildman–Crippen MR) is 106 cm³/mol. The number of aryl methyl sites for hydroxylation is 1. The molecule has 1 aliphatic carbocycles. The van der Waals surface area contributed by atoms with E-state index in [1.165, 1.54) is 28.6 Å². The second-order valence-corrected chi connectivity index (χ2v) is 8.86. The highest BCUT2D eigenvalue weighted by Crippen LogP contribution is 2.41. The molecule has 2 aromatic heterocycles. The highest BCUT2D eigenvalue weighted by molar-refractivity contribution is 8.00. The van der Waals surface area contributed by atoms with Crippen LogP contribution in [0.3, 0.4) is 0 Å². The first-order valence-electron chi connectivity index (χ1n) is 9.30. The van der Waals surface area contributed by atoms with Crippen molar-refractivity contribution in [3.05, 3.63) is 16.8 Å². The first-order valence-corrected chi connectivity index (χ1v) is 11.0. The number of rotatable bonds is 8. The van der Waals surface area contributed by atoms with Gasteiger partial charge >= 0.3 is 5.97 Å². The van der Waals surface area contributed by atoms with E-state index in [1.54, 1.807) is 17.7 Å². The van der Waals surface area contributed by atoms with Crippen molar-refractivity contribution in [1.29, 1.82) is 0 Å². The van der Waals surface area contributed by atoms with Gasteiger partial charge in [-0.05, 0) is 44.1 Å². The summed E-state index contributed by atoms with van der Waals surface area (Å²) in [5.41, 5.74) is 1.39. The van der Waals surface area contributed by atoms with Crippen LogP contribution in [0.1, 0.15) is 44.1 Å². The molecule has 0 N–H and O–H groups in total. The number of thiophene rings is 1. The molecule has 142 valence electrons. The Morgan fingerprint density at radius 1 is 1.38 bits per heavy atom. The Morgan fingerprint density at radius 3 is 3.00 bits per heavy atom. The van der Waals surface area contributed by atoms with E-state index in [2.05, 4.69) is 16.9 Å². The van der Waals surface area contributed by atoms with Gasteiger partial charge in [-0.15, -0.1) is 11.3 Å². The van der Waals surface area contributed by atoms with Crippen LogP contribution in [0, 0.1) is 5.92 Å². The minimum atomic E-state index is -0.257. The van der Waals surface area contributed by atoms with E-state index in [-0.39, 0.29) is 11.2 Å². The Bertz CT molecular complexity index is 763. The molecule has 7 heteroatoms. The fourth-order valence-electron chi connectivity index (χ4n) is 3.21. The zero-order chi connectivity index (χ0) is 18.5. The lowest BCUT2D eigenvalue weighted by atomic mass is 9.89. The molecule has 2 aromatic rings. The van der Waals surface area contributed by atoms with E-state index in [1.807, 2.05) is 13.8 Å². The van der Waals surface area contributed by atoms with Gasteiger partial charge in [0.05, 0.1) is 6.61 Å². The fraction of sp³-hybridized carbons (Fsp3) is 0.632. The molecule has 0 saturated carbocycles. The van der Waals surface area contributed by atoms with Crippen LogP contribution in [0.15, 0.2) is 11.4 Å². The molecule has 0 aliphatic heterocycles. The molecule has 0 unspecified atom stereocenters. The Hall–Kier alpha value is -1.18. The van der Waals surface area contributed by atoms with Gasteiger partial charge in [-0.3, -0.25) is 4.79 Å². The predicted octanol–water partition coefficient (Wildman–Crippen LogP) is 4.27. The van der Waals surface area contributed by atoms with Crippen LogP contribution < -0.4 is 0 Å². The summed E-state index contributed by atoms with van der Waals surface area (Å²) < 4.78 is 10.6. The number of esters is 1. The molecular weight excluding hydrogens is 368 g/mol. The van der Waals surface area contributed by atoms with Crippen LogP contribution in [0.2, 0.25) is 0 Å². The number of nitrogens with zero attached hydrogens (tertiary/aromatic N) is 2. The van der Waals surface area contributed by atoms with Crippen molar-refractivity contribution in [3.63, 3.8) is 0 Å². The average Bonchev–Trinajstić information content (AvgIpc) is 3.01. The van der Waals surface area contributed by atoms with Crippen LogP contribution in [0.25, 0.3) is 10.2 Å².